The number of hydrogen-bond donors (Lipinski definition) is 0. The Balaban J connectivity index is 1.95. The van der Waals surface area contributed by atoms with Crippen LogP contribution in [0.4, 0.5) is 0 Å². The zero-order chi connectivity index (χ0) is 32.4. The van der Waals surface area contributed by atoms with Gasteiger partial charge in [0.2, 0.25) is 0 Å². The third kappa shape index (κ3) is 6.45. The van der Waals surface area contributed by atoms with Crippen LogP contribution in [0.15, 0.2) is 97.1 Å². The highest BCUT2D eigenvalue weighted by atomic mass is 31.1. The number of aromatic nitrogens is 2. The Bertz CT molecular complexity index is 1560. The Morgan fingerprint density at radius 1 is 0.533 bits per heavy atom. The molecule has 0 fully saturated rings. The molecule has 1 aromatic heterocycles. The summed E-state index contributed by atoms with van der Waals surface area (Å²) in [5.74, 6) is 2.98. The number of nitrogens with zero attached hydrogens (tertiary/aromatic N) is 2. The van der Waals surface area contributed by atoms with Gasteiger partial charge in [0.1, 0.15) is 22.8 Å². The van der Waals surface area contributed by atoms with Crippen molar-refractivity contribution in [2.75, 3.05) is 0 Å². The van der Waals surface area contributed by atoms with Crippen molar-refractivity contribution in [2.24, 2.45) is 0 Å². The number of para-hydroxylation sites is 2. The molecule has 0 amide bonds. The maximum absolute atomic E-state index is 2.67. The number of imidazole rings is 1. The Morgan fingerprint density at radius 2 is 0.933 bits per heavy atom. The summed E-state index contributed by atoms with van der Waals surface area (Å²) >= 11 is 0. The molecule has 0 unspecified atom stereocenters. The standard InChI is InChI=1S/C42H52N2P/c1-28(2)36-23-17-24-37(29(3)4)41(36)43-32(9)33(10)44(42-38(30(5)6)25-18-26-39(42)31(7)8)40(43)27-45(34-19-13-11-14-20-34)35-21-15-12-16-22-35/h11-26,28-31H,27H2,1-10H3/q+1. The lowest BCUT2D eigenvalue weighted by molar-refractivity contribution is -0.610. The predicted octanol–water partition coefficient (Wildman–Crippen LogP) is 10.5. The van der Waals surface area contributed by atoms with Crippen LogP contribution in [0.25, 0.3) is 11.4 Å². The van der Waals surface area contributed by atoms with Crippen LogP contribution < -0.4 is 15.2 Å². The van der Waals surface area contributed by atoms with Gasteiger partial charge in [0, 0.05) is 36.1 Å². The van der Waals surface area contributed by atoms with Crippen LogP contribution in [-0.4, -0.2) is 4.57 Å². The summed E-state index contributed by atoms with van der Waals surface area (Å²) in [5.41, 5.74) is 11.1. The Hall–Kier alpha value is -3.48. The van der Waals surface area contributed by atoms with Crippen LogP contribution in [0.5, 0.6) is 0 Å². The van der Waals surface area contributed by atoms with E-state index in [4.69, 9.17) is 0 Å². The summed E-state index contributed by atoms with van der Waals surface area (Å²) in [6, 6.07) is 36.4. The predicted molar refractivity (Wildman–Crippen MR) is 196 cm³/mol. The maximum Gasteiger partial charge on any atom is 0.272 e. The molecule has 0 saturated carbocycles. The van der Waals surface area contributed by atoms with Gasteiger partial charge in [0.05, 0.1) is 6.16 Å². The van der Waals surface area contributed by atoms with Crippen molar-refractivity contribution in [3.8, 4) is 11.4 Å². The topological polar surface area (TPSA) is 8.81 Å². The maximum atomic E-state index is 2.67. The Morgan fingerprint density at radius 3 is 1.33 bits per heavy atom. The lowest BCUT2D eigenvalue weighted by Gasteiger charge is -2.23. The first-order valence-corrected chi connectivity index (χ1v) is 18.3. The zero-order valence-electron chi connectivity index (χ0n) is 29.1. The van der Waals surface area contributed by atoms with Crippen LogP contribution in [0.2, 0.25) is 0 Å². The molecule has 5 rings (SSSR count). The summed E-state index contributed by atoms with van der Waals surface area (Å²) in [7, 11) is -0.681. The highest BCUT2D eigenvalue weighted by molar-refractivity contribution is 7.72. The minimum absolute atomic E-state index is 0.404. The molecule has 45 heavy (non-hydrogen) atoms. The quantitative estimate of drug-likeness (QED) is 0.109. The van der Waals surface area contributed by atoms with E-state index in [1.807, 2.05) is 0 Å². The van der Waals surface area contributed by atoms with Crippen molar-refractivity contribution in [2.45, 2.75) is 99.1 Å². The van der Waals surface area contributed by atoms with E-state index in [1.165, 1.54) is 61.4 Å². The molecule has 4 aromatic carbocycles. The third-order valence-corrected chi connectivity index (χ3v) is 11.7. The normalized spacial score (nSPS) is 12.0. The molecule has 0 aliphatic rings. The molecule has 0 spiro atoms. The molecule has 0 aliphatic heterocycles. The molecule has 0 bridgehead atoms. The summed E-state index contributed by atoms with van der Waals surface area (Å²) < 4.78 is 5.34. The van der Waals surface area contributed by atoms with E-state index in [0.717, 1.165) is 6.16 Å². The van der Waals surface area contributed by atoms with E-state index in [1.54, 1.807) is 0 Å². The van der Waals surface area contributed by atoms with Crippen LogP contribution in [0.1, 0.15) is 119 Å². The third-order valence-electron chi connectivity index (χ3n) is 9.28. The molecule has 234 valence electrons. The summed E-state index contributed by atoms with van der Waals surface area (Å²) in [5, 5.41) is 2.83. The lowest BCUT2D eigenvalue weighted by atomic mass is 9.92. The molecular formula is C42H52N2P+. The second kappa shape index (κ2) is 13.9. The second-order valence-corrected chi connectivity index (χ2v) is 15.9. The molecule has 2 nitrogen and oxygen atoms in total. The van der Waals surface area contributed by atoms with Gasteiger partial charge in [-0.2, -0.15) is 9.13 Å². The number of rotatable bonds is 10. The molecule has 0 atom stereocenters. The van der Waals surface area contributed by atoms with Gasteiger partial charge in [0.15, 0.2) is 0 Å². The van der Waals surface area contributed by atoms with Crippen molar-refractivity contribution in [3.63, 3.8) is 0 Å². The molecule has 0 N–H and O–H groups in total. The van der Waals surface area contributed by atoms with Crippen molar-refractivity contribution in [1.29, 1.82) is 0 Å². The minimum Gasteiger partial charge on any atom is -0.196 e. The second-order valence-electron chi connectivity index (χ2n) is 13.7. The molecule has 5 aromatic rings. The van der Waals surface area contributed by atoms with Gasteiger partial charge >= 0.3 is 0 Å². The summed E-state index contributed by atoms with van der Waals surface area (Å²) in [4.78, 5) is 0. The van der Waals surface area contributed by atoms with E-state index >= 15 is 0 Å². The fraction of sp³-hybridized carbons (Fsp3) is 0.357. The molecule has 1 heterocycles. The van der Waals surface area contributed by atoms with Crippen LogP contribution >= 0.6 is 7.92 Å². The molecule has 0 saturated heterocycles. The van der Waals surface area contributed by atoms with Crippen molar-refractivity contribution in [1.82, 2.24) is 4.57 Å². The van der Waals surface area contributed by atoms with Crippen molar-refractivity contribution < 1.29 is 4.57 Å². The Labute approximate surface area is 273 Å². The first-order valence-electron chi connectivity index (χ1n) is 16.8. The number of benzene rings is 4. The largest absolute Gasteiger partial charge is 0.272 e. The van der Waals surface area contributed by atoms with E-state index in [2.05, 4.69) is 175 Å². The fourth-order valence-corrected chi connectivity index (χ4v) is 9.07. The van der Waals surface area contributed by atoms with Gasteiger partial charge in [-0.3, -0.25) is 0 Å². The monoisotopic (exact) mass is 615 g/mol. The number of hydrogen-bond acceptors (Lipinski definition) is 0. The van der Waals surface area contributed by atoms with Gasteiger partial charge in [-0.15, -0.1) is 0 Å². The molecular weight excluding hydrogens is 563 g/mol. The zero-order valence-corrected chi connectivity index (χ0v) is 30.0. The van der Waals surface area contributed by atoms with E-state index in [0.29, 0.717) is 23.7 Å². The summed E-state index contributed by atoms with van der Waals surface area (Å²) in [6.45, 7) is 23.4. The molecule has 0 radical (unpaired) electrons. The van der Waals surface area contributed by atoms with Gasteiger partial charge in [-0.05, 0) is 42.2 Å². The van der Waals surface area contributed by atoms with Crippen LogP contribution in [0.3, 0.4) is 0 Å². The highest BCUT2D eigenvalue weighted by Crippen LogP contribution is 2.41. The van der Waals surface area contributed by atoms with Gasteiger partial charge in [-0.1, -0.05) is 152 Å². The SMILES string of the molecule is Cc1c(C)[n+](-c2c(C(C)C)cccc2C(C)C)c(CP(c2ccccc2)c2ccccc2)n1-c1c(C(C)C)cccc1C(C)C. The average Bonchev–Trinajstić information content (AvgIpc) is 3.27. The fourth-order valence-electron chi connectivity index (χ4n) is 6.77. The Kier molecular flexibility index (Phi) is 10.1. The van der Waals surface area contributed by atoms with E-state index < -0.39 is 7.92 Å². The smallest absolute Gasteiger partial charge is 0.196 e. The van der Waals surface area contributed by atoms with Gasteiger partial charge < -0.3 is 0 Å². The molecule has 0 aliphatic carbocycles. The minimum atomic E-state index is -0.681. The lowest BCUT2D eigenvalue weighted by Crippen LogP contribution is -2.40. The van der Waals surface area contributed by atoms with E-state index in [9.17, 15) is 0 Å². The van der Waals surface area contributed by atoms with Crippen LogP contribution in [0, 0.1) is 13.8 Å². The first-order chi connectivity index (χ1) is 21.5. The molecule has 3 heteroatoms. The highest BCUT2D eigenvalue weighted by Gasteiger charge is 2.36. The van der Waals surface area contributed by atoms with Crippen LogP contribution in [-0.2, 0) is 6.16 Å². The van der Waals surface area contributed by atoms with Gasteiger partial charge in [-0.25, -0.2) is 0 Å². The van der Waals surface area contributed by atoms with Crippen molar-refractivity contribution in [3.05, 3.63) is 137 Å². The van der Waals surface area contributed by atoms with Gasteiger partial charge in [0.25, 0.3) is 5.82 Å². The summed E-state index contributed by atoms with van der Waals surface area (Å²) in [6.07, 6.45) is 0.936. The van der Waals surface area contributed by atoms with Crippen molar-refractivity contribution >= 4 is 18.5 Å². The first kappa shape index (κ1) is 32.9. The van der Waals surface area contributed by atoms with E-state index in [-0.39, 0.29) is 0 Å². The average molecular weight is 616 g/mol.